The van der Waals surface area contributed by atoms with Crippen molar-refractivity contribution in [3.63, 3.8) is 0 Å². The van der Waals surface area contributed by atoms with Gasteiger partial charge >= 0.3 is 6.03 Å². The van der Waals surface area contributed by atoms with Gasteiger partial charge in [0.1, 0.15) is 0 Å². The SMILES string of the molecule is C[C@]12CCC[C@@H]1[C@H]1CCC3=C/C(=N\NC(N)=O)CC[C@]3(C)[C@@H]1CC2. The van der Waals surface area contributed by atoms with Gasteiger partial charge in [0.2, 0.25) is 0 Å². The predicted octanol–water partition coefficient (Wildman–Crippen LogP) is 4.36. The lowest BCUT2D eigenvalue weighted by Crippen LogP contribution is -2.49. The molecule has 0 unspecified atom stereocenters. The lowest BCUT2D eigenvalue weighted by molar-refractivity contribution is -0.0335. The zero-order valence-corrected chi connectivity index (χ0v) is 15.1. The molecule has 0 bridgehead atoms. The minimum absolute atomic E-state index is 0.346. The molecule has 132 valence electrons. The number of carbonyl (C=O) groups is 1. The number of hydrazone groups is 1. The van der Waals surface area contributed by atoms with Gasteiger partial charge in [-0.05, 0) is 86.0 Å². The Bertz CT molecular complexity index is 610. The average molecular weight is 329 g/mol. The van der Waals surface area contributed by atoms with Gasteiger partial charge in [0.25, 0.3) is 0 Å². The first-order valence-corrected chi connectivity index (χ1v) is 9.75. The number of carbonyl (C=O) groups excluding carboxylic acids is 1. The number of nitrogens with zero attached hydrogens (tertiary/aromatic N) is 1. The van der Waals surface area contributed by atoms with Gasteiger partial charge in [-0.15, -0.1) is 0 Å². The van der Waals surface area contributed by atoms with E-state index in [9.17, 15) is 4.79 Å². The predicted molar refractivity (Wildman–Crippen MR) is 96.5 cm³/mol. The van der Waals surface area contributed by atoms with Crippen molar-refractivity contribution >= 4 is 11.7 Å². The molecule has 0 saturated heterocycles. The van der Waals surface area contributed by atoms with Crippen LogP contribution in [0, 0.1) is 28.6 Å². The Balaban J connectivity index is 1.60. The molecule has 0 spiro atoms. The second kappa shape index (κ2) is 5.60. The first-order chi connectivity index (χ1) is 11.4. The van der Waals surface area contributed by atoms with E-state index in [1.807, 2.05) is 0 Å². The second-order valence-corrected chi connectivity index (χ2v) is 9.17. The normalized spacial score (nSPS) is 45.8. The summed E-state index contributed by atoms with van der Waals surface area (Å²) in [5.74, 6) is 2.73. The highest BCUT2D eigenvalue weighted by atomic mass is 16.2. The zero-order valence-electron chi connectivity index (χ0n) is 15.1. The fourth-order valence-electron chi connectivity index (χ4n) is 6.78. The lowest BCUT2D eigenvalue weighted by Gasteiger charge is -2.57. The molecule has 4 nitrogen and oxygen atoms in total. The molecule has 4 heteroatoms. The maximum Gasteiger partial charge on any atom is 0.332 e. The minimum atomic E-state index is -0.578. The molecule has 0 heterocycles. The molecule has 24 heavy (non-hydrogen) atoms. The van der Waals surface area contributed by atoms with Gasteiger partial charge in [-0.1, -0.05) is 25.8 Å². The van der Waals surface area contributed by atoms with Crippen molar-refractivity contribution in [2.75, 3.05) is 0 Å². The maximum atomic E-state index is 10.9. The third kappa shape index (κ3) is 2.41. The molecule has 3 N–H and O–H groups in total. The molecule has 4 aliphatic carbocycles. The van der Waals surface area contributed by atoms with E-state index in [2.05, 4.69) is 30.5 Å². The van der Waals surface area contributed by atoms with E-state index < -0.39 is 6.03 Å². The molecule has 0 aromatic heterocycles. The van der Waals surface area contributed by atoms with Gasteiger partial charge in [0, 0.05) is 0 Å². The monoisotopic (exact) mass is 329 g/mol. The van der Waals surface area contributed by atoms with Crippen molar-refractivity contribution < 1.29 is 4.79 Å². The molecule has 2 amide bonds. The molecule has 4 rings (SSSR count). The molecule has 5 atom stereocenters. The smallest absolute Gasteiger partial charge is 0.332 e. The van der Waals surface area contributed by atoms with Crippen LogP contribution in [-0.4, -0.2) is 11.7 Å². The van der Waals surface area contributed by atoms with Crippen LogP contribution < -0.4 is 11.2 Å². The number of nitrogens with one attached hydrogen (secondary N) is 1. The standard InChI is InChI=1S/C20H31N3O/c1-19-9-3-4-16(19)15-6-5-13-12-14(22-23-18(21)24)7-11-20(13,2)17(15)8-10-19/h12,15-17H,3-11H2,1-2H3,(H3,21,23,24)/b22-14-/t15-,16-,17-,19-,20+/m1/s1. The first kappa shape index (κ1) is 16.2. The van der Waals surface area contributed by atoms with Crippen LogP contribution >= 0.6 is 0 Å². The van der Waals surface area contributed by atoms with Crippen LogP contribution in [0.2, 0.25) is 0 Å². The summed E-state index contributed by atoms with van der Waals surface area (Å²) < 4.78 is 0. The van der Waals surface area contributed by atoms with Crippen LogP contribution in [0.25, 0.3) is 0 Å². The van der Waals surface area contributed by atoms with Crippen LogP contribution in [0.15, 0.2) is 16.8 Å². The Morgan fingerprint density at radius 3 is 2.79 bits per heavy atom. The Morgan fingerprint density at radius 2 is 2.00 bits per heavy atom. The summed E-state index contributed by atoms with van der Waals surface area (Å²) in [6.45, 7) is 5.07. The number of rotatable bonds is 1. The molecule has 0 radical (unpaired) electrons. The fraction of sp³-hybridized carbons (Fsp3) is 0.800. The van der Waals surface area contributed by atoms with E-state index in [1.165, 1.54) is 51.4 Å². The van der Waals surface area contributed by atoms with Gasteiger partial charge in [0.15, 0.2) is 0 Å². The Morgan fingerprint density at radius 1 is 1.17 bits per heavy atom. The van der Waals surface area contributed by atoms with Crippen LogP contribution in [0.5, 0.6) is 0 Å². The summed E-state index contributed by atoms with van der Waals surface area (Å²) in [4.78, 5) is 10.9. The third-order valence-corrected chi connectivity index (χ3v) is 8.07. The number of fused-ring (bicyclic) bond motifs is 5. The fourth-order valence-corrected chi connectivity index (χ4v) is 6.78. The average Bonchev–Trinajstić information content (AvgIpc) is 2.94. The first-order valence-electron chi connectivity index (χ1n) is 9.75. The molecular formula is C20H31N3O. The van der Waals surface area contributed by atoms with Crippen LogP contribution in [0.1, 0.15) is 71.6 Å². The van der Waals surface area contributed by atoms with Gasteiger partial charge in [-0.3, -0.25) is 0 Å². The number of hydrogen-bond acceptors (Lipinski definition) is 2. The largest absolute Gasteiger partial charge is 0.350 e. The summed E-state index contributed by atoms with van der Waals surface area (Å²) in [6.07, 6.45) is 14.1. The van der Waals surface area contributed by atoms with Gasteiger partial charge in [0.05, 0.1) is 5.71 Å². The summed E-state index contributed by atoms with van der Waals surface area (Å²) in [5.41, 5.74) is 11.1. The number of primary amides is 1. The number of hydrogen-bond donors (Lipinski definition) is 2. The molecule has 3 fully saturated rings. The van der Waals surface area contributed by atoms with E-state index in [0.29, 0.717) is 10.8 Å². The highest BCUT2D eigenvalue weighted by Crippen LogP contribution is 2.65. The molecule has 0 aromatic carbocycles. The van der Waals surface area contributed by atoms with E-state index in [4.69, 9.17) is 5.73 Å². The highest BCUT2D eigenvalue weighted by Gasteiger charge is 2.55. The molecule has 4 aliphatic rings. The number of nitrogens with two attached hydrogens (primary N) is 1. The quantitative estimate of drug-likeness (QED) is 0.689. The van der Waals surface area contributed by atoms with E-state index in [0.717, 1.165) is 29.9 Å². The summed E-state index contributed by atoms with van der Waals surface area (Å²) in [6, 6.07) is -0.578. The van der Waals surface area contributed by atoms with Crippen LogP contribution in [-0.2, 0) is 0 Å². The molecular weight excluding hydrogens is 298 g/mol. The van der Waals surface area contributed by atoms with Crippen molar-refractivity contribution in [1.29, 1.82) is 0 Å². The molecule has 3 saturated carbocycles. The second-order valence-electron chi connectivity index (χ2n) is 9.17. The number of allylic oxidation sites excluding steroid dienone is 2. The van der Waals surface area contributed by atoms with Crippen LogP contribution in [0.3, 0.4) is 0 Å². The van der Waals surface area contributed by atoms with Crippen molar-refractivity contribution in [3.05, 3.63) is 11.6 Å². The highest BCUT2D eigenvalue weighted by molar-refractivity contribution is 5.97. The third-order valence-electron chi connectivity index (χ3n) is 8.07. The van der Waals surface area contributed by atoms with Crippen molar-refractivity contribution in [1.82, 2.24) is 5.43 Å². The van der Waals surface area contributed by atoms with Gasteiger partial charge in [-0.2, -0.15) is 5.10 Å². The minimum Gasteiger partial charge on any atom is -0.350 e. The Labute approximate surface area is 145 Å². The lowest BCUT2D eigenvalue weighted by atomic mass is 9.47. The van der Waals surface area contributed by atoms with E-state index >= 15 is 0 Å². The Hall–Kier alpha value is -1.32. The van der Waals surface area contributed by atoms with E-state index in [1.54, 1.807) is 5.57 Å². The molecule has 0 aliphatic heterocycles. The van der Waals surface area contributed by atoms with Gasteiger partial charge < -0.3 is 5.73 Å². The van der Waals surface area contributed by atoms with Crippen molar-refractivity contribution in [3.8, 4) is 0 Å². The topological polar surface area (TPSA) is 67.5 Å². The molecule has 0 aromatic rings. The Kier molecular flexibility index (Phi) is 3.77. The number of urea groups is 1. The summed E-state index contributed by atoms with van der Waals surface area (Å²) in [7, 11) is 0. The van der Waals surface area contributed by atoms with E-state index in [-0.39, 0.29) is 0 Å². The van der Waals surface area contributed by atoms with Crippen molar-refractivity contribution in [2.45, 2.75) is 71.6 Å². The number of amides is 2. The zero-order chi connectivity index (χ0) is 16.9. The van der Waals surface area contributed by atoms with Gasteiger partial charge in [-0.25, -0.2) is 10.2 Å². The maximum absolute atomic E-state index is 10.9. The summed E-state index contributed by atoms with van der Waals surface area (Å²) >= 11 is 0. The van der Waals surface area contributed by atoms with Crippen molar-refractivity contribution in [2.24, 2.45) is 39.4 Å². The van der Waals surface area contributed by atoms with Crippen LogP contribution in [0.4, 0.5) is 4.79 Å². The summed E-state index contributed by atoms with van der Waals surface area (Å²) in [5, 5.41) is 4.19.